The van der Waals surface area contributed by atoms with E-state index in [1.165, 1.54) is 0 Å². The highest BCUT2D eigenvalue weighted by atomic mass is 32.1. The van der Waals surface area contributed by atoms with Gasteiger partial charge < -0.3 is 21.1 Å². The highest BCUT2D eigenvalue weighted by Crippen LogP contribution is 2.27. The normalized spacial score (nSPS) is 14.6. The van der Waals surface area contributed by atoms with Crippen LogP contribution < -0.4 is 16.0 Å². The molecule has 0 aliphatic carbocycles. The van der Waals surface area contributed by atoms with Gasteiger partial charge in [-0.2, -0.15) is 0 Å². The zero-order valence-electron chi connectivity index (χ0n) is 9.85. The minimum Gasteiger partial charge on any atom is -0.478 e. The van der Waals surface area contributed by atoms with E-state index in [9.17, 15) is 9.90 Å². The molecular weight excluding hydrogens is 250 g/mol. The van der Waals surface area contributed by atoms with Crippen LogP contribution in [-0.4, -0.2) is 29.3 Å². The molecule has 0 unspecified atom stereocenters. The fourth-order valence-electron chi connectivity index (χ4n) is 2.16. The van der Waals surface area contributed by atoms with E-state index < -0.39 is 5.97 Å². The quantitative estimate of drug-likeness (QED) is 0.721. The first kappa shape index (κ1) is 12.6. The largest absolute Gasteiger partial charge is 0.478 e. The molecule has 0 spiro atoms. The van der Waals surface area contributed by atoms with Crippen LogP contribution in [0.25, 0.3) is 0 Å². The van der Waals surface area contributed by atoms with Crippen molar-refractivity contribution in [1.82, 2.24) is 0 Å². The summed E-state index contributed by atoms with van der Waals surface area (Å²) in [7, 11) is 0. The fourth-order valence-corrected chi connectivity index (χ4v) is 2.28. The Kier molecular flexibility index (Phi) is 3.66. The molecule has 1 heterocycles. The summed E-state index contributed by atoms with van der Waals surface area (Å²) in [5.74, 6) is -0.941. The summed E-state index contributed by atoms with van der Waals surface area (Å²) in [6.07, 6.45) is 2.21. The van der Waals surface area contributed by atoms with Gasteiger partial charge in [-0.25, -0.2) is 4.79 Å². The predicted molar refractivity (Wildman–Crippen MR) is 75.3 cm³/mol. The van der Waals surface area contributed by atoms with Crippen molar-refractivity contribution in [3.8, 4) is 0 Å². The smallest absolute Gasteiger partial charge is 0.337 e. The number of hydrogen-bond acceptors (Lipinski definition) is 3. The summed E-state index contributed by atoms with van der Waals surface area (Å²) >= 11 is 4.74. The number of hydrogen-bond donors (Lipinski definition) is 3. The van der Waals surface area contributed by atoms with Crippen molar-refractivity contribution in [1.29, 1.82) is 0 Å². The molecule has 1 aliphatic heterocycles. The molecule has 1 fully saturated rings. The summed E-state index contributed by atoms with van der Waals surface area (Å²) < 4.78 is 0. The van der Waals surface area contributed by atoms with Crippen LogP contribution in [0.1, 0.15) is 23.2 Å². The lowest BCUT2D eigenvalue weighted by molar-refractivity contribution is 0.0697. The zero-order chi connectivity index (χ0) is 13.1. The standard InChI is InChI=1S/C12H15N3O2S/c13-12(18)14-8-3-4-10(9(7-8)11(16)17)15-5-1-2-6-15/h3-4,7H,1-2,5-6H2,(H,16,17)(H3,13,14,18). The van der Waals surface area contributed by atoms with Gasteiger partial charge in [0.05, 0.1) is 11.3 Å². The topological polar surface area (TPSA) is 78.6 Å². The summed E-state index contributed by atoms with van der Waals surface area (Å²) in [4.78, 5) is 13.4. The molecule has 1 aromatic rings. The monoisotopic (exact) mass is 265 g/mol. The van der Waals surface area contributed by atoms with E-state index in [-0.39, 0.29) is 10.7 Å². The van der Waals surface area contributed by atoms with E-state index in [2.05, 4.69) is 10.2 Å². The highest BCUT2D eigenvalue weighted by Gasteiger charge is 2.19. The van der Waals surface area contributed by atoms with E-state index in [4.69, 9.17) is 18.0 Å². The molecule has 2 rings (SSSR count). The van der Waals surface area contributed by atoms with Crippen molar-refractivity contribution < 1.29 is 9.90 Å². The Hall–Kier alpha value is -1.82. The van der Waals surface area contributed by atoms with Crippen LogP contribution in [0.3, 0.4) is 0 Å². The van der Waals surface area contributed by atoms with Crippen molar-refractivity contribution in [3.63, 3.8) is 0 Å². The predicted octanol–water partition coefficient (Wildman–Crippen LogP) is 1.64. The zero-order valence-corrected chi connectivity index (χ0v) is 10.7. The lowest BCUT2D eigenvalue weighted by Gasteiger charge is -2.20. The number of anilines is 2. The van der Waals surface area contributed by atoms with Gasteiger partial charge >= 0.3 is 5.97 Å². The molecule has 0 atom stereocenters. The van der Waals surface area contributed by atoms with Crippen LogP contribution in [0.2, 0.25) is 0 Å². The molecule has 96 valence electrons. The Bertz CT molecular complexity index is 484. The fraction of sp³-hybridized carbons (Fsp3) is 0.333. The number of nitrogens with two attached hydrogens (primary N) is 1. The van der Waals surface area contributed by atoms with Gasteiger partial charge in [-0.15, -0.1) is 0 Å². The molecule has 18 heavy (non-hydrogen) atoms. The van der Waals surface area contributed by atoms with E-state index in [0.717, 1.165) is 31.6 Å². The van der Waals surface area contributed by atoms with E-state index in [1.54, 1.807) is 18.2 Å². The first-order valence-corrected chi connectivity index (χ1v) is 6.17. The van der Waals surface area contributed by atoms with Crippen LogP contribution in [-0.2, 0) is 0 Å². The maximum Gasteiger partial charge on any atom is 0.337 e. The number of carbonyl (C=O) groups is 1. The Morgan fingerprint density at radius 3 is 2.61 bits per heavy atom. The van der Waals surface area contributed by atoms with Crippen molar-refractivity contribution in [2.45, 2.75) is 12.8 Å². The second-order valence-electron chi connectivity index (χ2n) is 4.22. The SMILES string of the molecule is NC(=S)Nc1ccc(N2CCCC2)c(C(=O)O)c1. The van der Waals surface area contributed by atoms with Crippen LogP contribution in [0.15, 0.2) is 18.2 Å². The molecule has 0 saturated carbocycles. The third kappa shape index (κ3) is 2.70. The van der Waals surface area contributed by atoms with Crippen LogP contribution in [0.4, 0.5) is 11.4 Å². The number of nitrogens with one attached hydrogen (secondary N) is 1. The van der Waals surface area contributed by atoms with Crippen LogP contribution >= 0.6 is 12.2 Å². The Morgan fingerprint density at radius 2 is 2.06 bits per heavy atom. The van der Waals surface area contributed by atoms with E-state index >= 15 is 0 Å². The van der Waals surface area contributed by atoms with Gasteiger partial charge in [-0.05, 0) is 43.3 Å². The minimum absolute atomic E-state index is 0.125. The van der Waals surface area contributed by atoms with Gasteiger partial charge in [0.2, 0.25) is 0 Å². The average molecular weight is 265 g/mol. The minimum atomic E-state index is -0.941. The van der Waals surface area contributed by atoms with Crippen LogP contribution in [0.5, 0.6) is 0 Å². The molecule has 0 radical (unpaired) electrons. The highest BCUT2D eigenvalue weighted by molar-refractivity contribution is 7.80. The van der Waals surface area contributed by atoms with Crippen molar-refractivity contribution >= 4 is 34.7 Å². The molecule has 6 heteroatoms. The number of benzene rings is 1. The number of aromatic carboxylic acids is 1. The third-order valence-electron chi connectivity index (χ3n) is 2.94. The summed E-state index contributed by atoms with van der Waals surface area (Å²) in [5, 5.41) is 12.1. The Balaban J connectivity index is 2.34. The number of thiocarbonyl (C=S) groups is 1. The molecule has 0 amide bonds. The molecule has 1 aromatic carbocycles. The van der Waals surface area contributed by atoms with Gasteiger partial charge in [0.15, 0.2) is 5.11 Å². The molecular formula is C12H15N3O2S. The van der Waals surface area contributed by atoms with E-state index in [1.807, 2.05) is 0 Å². The summed E-state index contributed by atoms with van der Waals surface area (Å²) in [5.41, 5.74) is 7.01. The molecule has 0 bridgehead atoms. The van der Waals surface area contributed by atoms with Gasteiger partial charge in [0, 0.05) is 18.8 Å². The molecule has 1 aliphatic rings. The number of carboxylic acid groups (broad SMARTS) is 1. The van der Waals surface area contributed by atoms with Crippen molar-refractivity contribution in [2.75, 3.05) is 23.3 Å². The molecule has 5 nitrogen and oxygen atoms in total. The Morgan fingerprint density at radius 1 is 1.39 bits per heavy atom. The lowest BCUT2D eigenvalue weighted by atomic mass is 10.1. The molecule has 4 N–H and O–H groups in total. The van der Waals surface area contributed by atoms with Gasteiger partial charge in [-0.3, -0.25) is 0 Å². The summed E-state index contributed by atoms with van der Waals surface area (Å²) in [6.45, 7) is 1.81. The van der Waals surface area contributed by atoms with Crippen LogP contribution in [0, 0.1) is 0 Å². The molecule has 0 aromatic heterocycles. The lowest BCUT2D eigenvalue weighted by Crippen LogP contribution is -2.22. The summed E-state index contributed by atoms with van der Waals surface area (Å²) in [6, 6.07) is 5.16. The second kappa shape index (κ2) is 5.22. The maximum absolute atomic E-state index is 11.3. The van der Waals surface area contributed by atoms with E-state index in [0.29, 0.717) is 5.69 Å². The van der Waals surface area contributed by atoms with Gasteiger partial charge in [-0.1, -0.05) is 0 Å². The average Bonchev–Trinajstić information content (AvgIpc) is 2.81. The molecule has 1 saturated heterocycles. The first-order chi connectivity index (χ1) is 8.58. The van der Waals surface area contributed by atoms with Gasteiger partial charge in [0.25, 0.3) is 0 Å². The second-order valence-corrected chi connectivity index (χ2v) is 4.66. The van der Waals surface area contributed by atoms with Gasteiger partial charge in [0.1, 0.15) is 0 Å². The number of rotatable bonds is 3. The maximum atomic E-state index is 11.3. The number of nitrogens with zero attached hydrogens (tertiary/aromatic N) is 1. The Labute approximate surface area is 111 Å². The number of carboxylic acids is 1. The first-order valence-electron chi connectivity index (χ1n) is 5.76. The third-order valence-corrected chi connectivity index (χ3v) is 3.04. The van der Waals surface area contributed by atoms with Crippen molar-refractivity contribution in [3.05, 3.63) is 23.8 Å². The van der Waals surface area contributed by atoms with Crippen molar-refractivity contribution in [2.24, 2.45) is 5.73 Å².